The first-order valence-corrected chi connectivity index (χ1v) is 10.0. The zero-order valence-electron chi connectivity index (χ0n) is 16.9. The largest absolute Gasteiger partial charge is 0.370 e. The molecule has 27 heavy (non-hydrogen) atoms. The fraction of sp³-hybridized carbons (Fsp3) is 0.478. The quantitative estimate of drug-likeness (QED) is 0.801. The summed E-state index contributed by atoms with van der Waals surface area (Å²) in [6, 6.07) is 0. The molecule has 0 aromatic carbocycles. The van der Waals surface area contributed by atoms with Crippen LogP contribution in [0.4, 0.5) is 0 Å². The first-order chi connectivity index (χ1) is 13.0. The highest BCUT2D eigenvalue weighted by Gasteiger charge is 2.23. The zero-order valence-corrected chi connectivity index (χ0v) is 16.9. The Labute approximate surface area is 163 Å². The summed E-state index contributed by atoms with van der Waals surface area (Å²) >= 11 is 0. The smallest absolute Gasteiger partial charge is 0.148 e. The van der Waals surface area contributed by atoms with Crippen molar-refractivity contribution in [2.24, 2.45) is 21.8 Å². The van der Waals surface area contributed by atoms with E-state index in [0.717, 1.165) is 36.5 Å². The lowest BCUT2D eigenvalue weighted by Gasteiger charge is -2.32. The minimum Gasteiger partial charge on any atom is -0.370 e. The van der Waals surface area contributed by atoms with Gasteiger partial charge in [-0.2, -0.15) is 0 Å². The van der Waals surface area contributed by atoms with Crippen LogP contribution in [0.3, 0.4) is 0 Å². The van der Waals surface area contributed by atoms with Crippen LogP contribution in [0.25, 0.3) is 0 Å². The summed E-state index contributed by atoms with van der Waals surface area (Å²) in [5, 5.41) is 10.3. The molecule has 0 saturated heterocycles. The molecule has 4 heteroatoms. The van der Waals surface area contributed by atoms with Crippen LogP contribution in [0.5, 0.6) is 0 Å². The Kier molecular flexibility index (Phi) is 6.27. The molecule has 3 atom stereocenters. The number of amidine groups is 1. The van der Waals surface area contributed by atoms with Gasteiger partial charge in [-0.15, -0.1) is 0 Å². The molecule has 3 aliphatic rings. The molecule has 4 nitrogen and oxygen atoms in total. The van der Waals surface area contributed by atoms with Crippen LogP contribution in [0.15, 0.2) is 69.4 Å². The number of rotatable bonds is 4. The number of aliphatic imine (C=N–C) groups is 2. The van der Waals surface area contributed by atoms with E-state index in [0.29, 0.717) is 6.54 Å². The SMILES string of the molecule is CCC1=NC(C2C=CC(C)=CC2)=NCC(C2=CN(CC)C(O)C(C)=C2)C=C1. The van der Waals surface area contributed by atoms with Crippen molar-refractivity contribution in [3.8, 4) is 0 Å². The summed E-state index contributed by atoms with van der Waals surface area (Å²) in [4.78, 5) is 11.8. The van der Waals surface area contributed by atoms with Crippen molar-refractivity contribution in [2.75, 3.05) is 13.1 Å². The zero-order chi connectivity index (χ0) is 19.4. The van der Waals surface area contributed by atoms with Crippen molar-refractivity contribution in [3.05, 3.63) is 59.4 Å². The van der Waals surface area contributed by atoms with Crippen molar-refractivity contribution in [3.63, 3.8) is 0 Å². The molecule has 3 unspecified atom stereocenters. The molecule has 2 aliphatic heterocycles. The Balaban J connectivity index is 1.89. The van der Waals surface area contributed by atoms with Crippen molar-refractivity contribution in [2.45, 2.75) is 46.8 Å². The Morgan fingerprint density at radius 2 is 1.93 bits per heavy atom. The van der Waals surface area contributed by atoms with Crippen molar-refractivity contribution >= 4 is 11.5 Å². The molecule has 2 heterocycles. The normalized spacial score (nSPS) is 28.6. The third kappa shape index (κ3) is 4.56. The molecular formula is C23H31N3O. The molecule has 3 rings (SSSR count). The van der Waals surface area contributed by atoms with Crippen LogP contribution in [-0.4, -0.2) is 40.9 Å². The highest BCUT2D eigenvalue weighted by Crippen LogP contribution is 2.27. The summed E-state index contributed by atoms with van der Waals surface area (Å²) in [5.74, 6) is 1.39. The van der Waals surface area contributed by atoms with Crippen LogP contribution in [0.2, 0.25) is 0 Å². The van der Waals surface area contributed by atoms with E-state index in [1.807, 2.05) is 11.8 Å². The standard InChI is InChI=1S/C23H31N3O/c1-5-21-12-11-19(20-13-17(4)23(27)26(6-2)15-20)14-24-22(25-21)18-9-7-16(3)8-10-18/h7-9,11-13,15,18-19,23,27H,5-6,10,14H2,1-4H3. The van der Waals surface area contributed by atoms with Gasteiger partial charge in [0.1, 0.15) is 12.1 Å². The Morgan fingerprint density at radius 1 is 1.15 bits per heavy atom. The van der Waals surface area contributed by atoms with Gasteiger partial charge in [0.15, 0.2) is 0 Å². The Morgan fingerprint density at radius 3 is 2.59 bits per heavy atom. The first kappa shape index (κ1) is 19.6. The summed E-state index contributed by atoms with van der Waals surface area (Å²) in [7, 11) is 0. The maximum Gasteiger partial charge on any atom is 0.148 e. The predicted molar refractivity (Wildman–Crippen MR) is 114 cm³/mol. The number of likely N-dealkylation sites (N-methyl/N-ethyl adjacent to an activating group) is 1. The van der Waals surface area contributed by atoms with Gasteiger partial charge < -0.3 is 10.0 Å². The van der Waals surface area contributed by atoms with Crippen LogP contribution < -0.4 is 0 Å². The lowest BCUT2D eigenvalue weighted by Crippen LogP contribution is -2.34. The van der Waals surface area contributed by atoms with Gasteiger partial charge in [-0.25, -0.2) is 4.99 Å². The van der Waals surface area contributed by atoms with Gasteiger partial charge in [0.25, 0.3) is 0 Å². The van der Waals surface area contributed by atoms with Gasteiger partial charge in [0, 0.05) is 30.3 Å². The average Bonchev–Trinajstić information content (AvgIpc) is 2.65. The molecule has 0 aromatic rings. The van der Waals surface area contributed by atoms with Gasteiger partial charge >= 0.3 is 0 Å². The molecule has 1 N–H and O–H groups in total. The van der Waals surface area contributed by atoms with Gasteiger partial charge in [-0.1, -0.05) is 42.9 Å². The van der Waals surface area contributed by atoms with Crippen molar-refractivity contribution < 1.29 is 5.11 Å². The lowest BCUT2D eigenvalue weighted by atomic mass is 9.92. The highest BCUT2D eigenvalue weighted by atomic mass is 16.3. The molecule has 0 amide bonds. The maximum absolute atomic E-state index is 10.3. The molecular weight excluding hydrogens is 334 g/mol. The van der Waals surface area contributed by atoms with Crippen molar-refractivity contribution in [1.29, 1.82) is 0 Å². The molecule has 0 bridgehead atoms. The monoisotopic (exact) mass is 365 g/mol. The van der Waals surface area contributed by atoms with E-state index in [9.17, 15) is 5.11 Å². The van der Waals surface area contributed by atoms with E-state index in [4.69, 9.17) is 9.98 Å². The van der Waals surface area contributed by atoms with Gasteiger partial charge in [0.05, 0.1) is 6.54 Å². The lowest BCUT2D eigenvalue weighted by molar-refractivity contribution is 0.0695. The molecule has 144 valence electrons. The van der Waals surface area contributed by atoms with E-state index < -0.39 is 6.23 Å². The van der Waals surface area contributed by atoms with E-state index >= 15 is 0 Å². The van der Waals surface area contributed by atoms with E-state index in [1.54, 1.807) is 0 Å². The second-order valence-electron chi connectivity index (χ2n) is 7.49. The van der Waals surface area contributed by atoms with Gasteiger partial charge in [-0.3, -0.25) is 4.99 Å². The van der Waals surface area contributed by atoms with Crippen LogP contribution in [0, 0.1) is 11.8 Å². The molecule has 0 aromatic heterocycles. The summed E-state index contributed by atoms with van der Waals surface area (Å²) in [6.45, 7) is 9.78. The van der Waals surface area contributed by atoms with Gasteiger partial charge in [-0.05, 0) is 50.8 Å². The van der Waals surface area contributed by atoms with Crippen LogP contribution in [0.1, 0.15) is 40.5 Å². The third-order valence-corrected chi connectivity index (χ3v) is 5.43. The van der Waals surface area contributed by atoms with Crippen LogP contribution >= 0.6 is 0 Å². The average molecular weight is 366 g/mol. The van der Waals surface area contributed by atoms with Gasteiger partial charge in [0.2, 0.25) is 0 Å². The Bertz CT molecular complexity index is 779. The molecule has 0 fully saturated rings. The molecule has 0 radical (unpaired) electrons. The van der Waals surface area contributed by atoms with E-state index in [1.165, 1.54) is 11.1 Å². The molecule has 1 aliphatic carbocycles. The van der Waals surface area contributed by atoms with E-state index in [-0.39, 0.29) is 11.8 Å². The molecule has 0 spiro atoms. The summed E-state index contributed by atoms with van der Waals surface area (Å²) in [6.07, 6.45) is 16.5. The fourth-order valence-corrected chi connectivity index (χ4v) is 3.60. The molecule has 0 saturated carbocycles. The minimum atomic E-state index is -0.523. The second-order valence-corrected chi connectivity index (χ2v) is 7.49. The second kappa shape index (κ2) is 8.66. The van der Waals surface area contributed by atoms with Crippen molar-refractivity contribution in [1.82, 2.24) is 4.90 Å². The predicted octanol–water partition coefficient (Wildman–Crippen LogP) is 4.43. The summed E-state index contributed by atoms with van der Waals surface area (Å²) in [5.41, 5.74) is 4.56. The first-order valence-electron chi connectivity index (χ1n) is 10.0. The number of allylic oxidation sites excluding steroid dienone is 5. The Hall–Kier alpha value is -2.20. The number of nitrogens with zero attached hydrogens (tertiary/aromatic N) is 3. The van der Waals surface area contributed by atoms with E-state index in [2.05, 4.69) is 63.4 Å². The van der Waals surface area contributed by atoms with Crippen LogP contribution in [-0.2, 0) is 0 Å². The highest BCUT2D eigenvalue weighted by molar-refractivity contribution is 6.05. The fourth-order valence-electron chi connectivity index (χ4n) is 3.60. The number of hydrogen-bond acceptors (Lipinski definition) is 4. The topological polar surface area (TPSA) is 48.2 Å². The number of aliphatic hydroxyl groups is 1. The third-order valence-electron chi connectivity index (χ3n) is 5.43. The number of hydrogen-bond donors (Lipinski definition) is 1. The summed E-state index contributed by atoms with van der Waals surface area (Å²) < 4.78 is 0. The number of aliphatic hydroxyl groups excluding tert-OH is 1. The minimum absolute atomic E-state index is 0.193. The maximum atomic E-state index is 10.3.